The Morgan fingerprint density at radius 1 is 0.824 bits per heavy atom. The van der Waals surface area contributed by atoms with Crippen LogP contribution in [0.5, 0.6) is 0 Å². The number of carbonyl (C=O) groups excluding carboxylic acids is 3. The van der Waals surface area contributed by atoms with Crippen LogP contribution >= 0.6 is 0 Å². The van der Waals surface area contributed by atoms with Crippen molar-refractivity contribution in [3.8, 4) is 0 Å². The highest BCUT2D eigenvalue weighted by Crippen LogP contribution is 2.27. The van der Waals surface area contributed by atoms with Gasteiger partial charge in [0.2, 0.25) is 0 Å². The largest absolute Gasteiger partial charge is 0.342 e. The van der Waals surface area contributed by atoms with Crippen molar-refractivity contribution < 1.29 is 14.4 Å². The number of nitrogens with zero attached hydrogens (tertiary/aromatic N) is 2. The average molecular weight is 450 g/mol. The number of carbonyl (C=O) groups is 3. The highest BCUT2D eigenvalue weighted by Gasteiger charge is 2.37. The van der Waals surface area contributed by atoms with E-state index in [1.807, 2.05) is 49.5 Å². The number of rotatable bonds is 4. The van der Waals surface area contributed by atoms with E-state index >= 15 is 0 Å². The number of hydrogen-bond acceptors (Lipinski definition) is 3. The van der Waals surface area contributed by atoms with Crippen LogP contribution in [-0.2, 0) is 16.1 Å². The lowest BCUT2D eigenvalue weighted by molar-refractivity contribution is -0.122. The lowest BCUT2D eigenvalue weighted by atomic mass is 10.1. The number of nitrogens with one attached hydrogen (secondary N) is 1. The molecule has 4 amide bonds. The number of hydrogen-bond donors (Lipinski definition) is 1. The van der Waals surface area contributed by atoms with Crippen LogP contribution in [0.4, 0.5) is 10.5 Å². The molecular formula is C28H23N3O3. The molecule has 34 heavy (non-hydrogen) atoms. The van der Waals surface area contributed by atoms with E-state index in [1.165, 1.54) is 5.56 Å². The van der Waals surface area contributed by atoms with Gasteiger partial charge in [0, 0.05) is 29.2 Å². The lowest BCUT2D eigenvalue weighted by Crippen LogP contribution is -2.54. The van der Waals surface area contributed by atoms with Gasteiger partial charge in [0.15, 0.2) is 0 Å². The lowest BCUT2D eigenvalue weighted by Gasteiger charge is -2.26. The Morgan fingerprint density at radius 3 is 2.18 bits per heavy atom. The number of anilines is 1. The van der Waals surface area contributed by atoms with Crippen LogP contribution in [0, 0.1) is 13.8 Å². The number of aromatic nitrogens is 1. The quantitative estimate of drug-likeness (QED) is 0.353. The molecule has 0 unspecified atom stereocenters. The SMILES string of the molecule is Cc1ccc(Cn2cc(/C=C3\C(=O)NC(=O)N(c4ccc(C)cc4)C3=O)c3ccccc32)cc1. The number of imide groups is 2. The zero-order chi connectivity index (χ0) is 23.8. The predicted molar refractivity (Wildman–Crippen MR) is 132 cm³/mol. The van der Waals surface area contributed by atoms with E-state index < -0.39 is 17.8 Å². The normalized spacial score (nSPS) is 15.3. The minimum atomic E-state index is -0.752. The Hall–Kier alpha value is -4.45. The summed E-state index contributed by atoms with van der Waals surface area (Å²) >= 11 is 0. The monoisotopic (exact) mass is 449 g/mol. The molecule has 0 atom stereocenters. The number of urea groups is 1. The molecule has 0 saturated carbocycles. The van der Waals surface area contributed by atoms with Gasteiger partial charge in [-0.1, -0.05) is 65.7 Å². The van der Waals surface area contributed by atoms with Crippen LogP contribution in [-0.4, -0.2) is 22.4 Å². The Kier molecular flexibility index (Phi) is 5.34. The first kappa shape index (κ1) is 21.4. The van der Waals surface area contributed by atoms with Crippen LogP contribution in [0.1, 0.15) is 22.3 Å². The van der Waals surface area contributed by atoms with Crippen molar-refractivity contribution in [3.63, 3.8) is 0 Å². The zero-order valence-electron chi connectivity index (χ0n) is 18.9. The molecule has 0 aliphatic carbocycles. The molecule has 5 rings (SSSR count). The van der Waals surface area contributed by atoms with Gasteiger partial charge in [0.05, 0.1) is 5.69 Å². The molecule has 2 heterocycles. The van der Waals surface area contributed by atoms with Crippen LogP contribution in [0.3, 0.4) is 0 Å². The van der Waals surface area contributed by atoms with Gasteiger partial charge in [0.1, 0.15) is 5.57 Å². The summed E-state index contributed by atoms with van der Waals surface area (Å²) in [5.74, 6) is -1.35. The molecule has 1 aliphatic rings. The molecule has 4 aromatic rings. The standard InChI is InChI=1S/C28H23N3O3/c1-18-7-11-20(12-8-18)16-30-17-21(23-5-3-4-6-25(23)30)15-24-26(32)29-28(34)31(27(24)33)22-13-9-19(2)10-14-22/h3-15,17H,16H2,1-2H3,(H,29,32,34)/b24-15+. The third-order valence-corrected chi connectivity index (χ3v) is 5.99. The molecule has 1 aromatic heterocycles. The first-order valence-corrected chi connectivity index (χ1v) is 11.0. The van der Waals surface area contributed by atoms with E-state index in [4.69, 9.17) is 0 Å². The fourth-order valence-electron chi connectivity index (χ4n) is 4.15. The molecular weight excluding hydrogens is 426 g/mol. The summed E-state index contributed by atoms with van der Waals surface area (Å²) in [7, 11) is 0. The van der Waals surface area contributed by atoms with Gasteiger partial charge >= 0.3 is 6.03 Å². The Bertz CT molecular complexity index is 1460. The van der Waals surface area contributed by atoms with E-state index in [2.05, 4.69) is 41.1 Å². The molecule has 168 valence electrons. The third kappa shape index (κ3) is 3.90. The summed E-state index contributed by atoms with van der Waals surface area (Å²) in [5.41, 5.74) is 5.40. The number of barbiturate groups is 1. The maximum atomic E-state index is 13.3. The van der Waals surface area contributed by atoms with Crippen LogP contribution in [0.2, 0.25) is 0 Å². The molecule has 1 saturated heterocycles. The Morgan fingerprint density at radius 2 is 1.47 bits per heavy atom. The Labute approximate surface area is 197 Å². The van der Waals surface area contributed by atoms with Gasteiger partial charge in [-0.2, -0.15) is 0 Å². The second-order valence-corrected chi connectivity index (χ2v) is 8.51. The minimum Gasteiger partial charge on any atom is -0.342 e. The summed E-state index contributed by atoms with van der Waals surface area (Å²) in [6.45, 7) is 4.62. The van der Waals surface area contributed by atoms with E-state index in [0.717, 1.165) is 32.5 Å². The van der Waals surface area contributed by atoms with Crippen molar-refractivity contribution in [2.45, 2.75) is 20.4 Å². The molecule has 1 aliphatic heterocycles. The van der Waals surface area contributed by atoms with Crippen LogP contribution < -0.4 is 10.2 Å². The summed E-state index contributed by atoms with van der Waals surface area (Å²) < 4.78 is 2.10. The first-order chi connectivity index (χ1) is 16.4. The second kappa shape index (κ2) is 8.48. The Balaban J connectivity index is 1.56. The van der Waals surface area contributed by atoms with Crippen LogP contribution in [0.25, 0.3) is 17.0 Å². The second-order valence-electron chi connectivity index (χ2n) is 8.51. The predicted octanol–water partition coefficient (Wildman–Crippen LogP) is 4.97. The van der Waals surface area contributed by atoms with E-state index in [9.17, 15) is 14.4 Å². The highest BCUT2D eigenvalue weighted by molar-refractivity contribution is 6.39. The molecule has 0 spiro atoms. The van der Waals surface area contributed by atoms with Crippen molar-refractivity contribution in [2.24, 2.45) is 0 Å². The molecule has 1 fully saturated rings. The minimum absolute atomic E-state index is 0.0848. The van der Waals surface area contributed by atoms with E-state index in [0.29, 0.717) is 12.2 Å². The summed E-state index contributed by atoms with van der Waals surface area (Å²) in [6, 6.07) is 22.4. The van der Waals surface area contributed by atoms with E-state index in [-0.39, 0.29) is 5.57 Å². The molecule has 1 N–H and O–H groups in total. The topological polar surface area (TPSA) is 71.4 Å². The fourth-order valence-corrected chi connectivity index (χ4v) is 4.15. The van der Waals surface area contributed by atoms with Gasteiger partial charge in [-0.25, -0.2) is 9.69 Å². The number of amides is 4. The van der Waals surface area contributed by atoms with Crippen LogP contribution in [0.15, 0.2) is 84.6 Å². The molecule has 6 nitrogen and oxygen atoms in total. The highest BCUT2D eigenvalue weighted by atomic mass is 16.2. The smallest absolute Gasteiger partial charge is 0.335 e. The molecule has 3 aromatic carbocycles. The maximum absolute atomic E-state index is 13.3. The van der Waals surface area contributed by atoms with Gasteiger partial charge in [-0.05, 0) is 43.7 Å². The van der Waals surface area contributed by atoms with Crippen molar-refractivity contribution in [3.05, 3.63) is 107 Å². The van der Waals surface area contributed by atoms with Gasteiger partial charge in [0.25, 0.3) is 11.8 Å². The summed E-state index contributed by atoms with van der Waals surface area (Å²) in [5, 5.41) is 3.21. The van der Waals surface area contributed by atoms with Crippen molar-refractivity contribution in [1.29, 1.82) is 0 Å². The van der Waals surface area contributed by atoms with Gasteiger partial charge in [-0.15, -0.1) is 0 Å². The molecule has 0 bridgehead atoms. The third-order valence-electron chi connectivity index (χ3n) is 5.99. The van der Waals surface area contributed by atoms with Crippen molar-refractivity contribution in [2.75, 3.05) is 4.90 Å². The molecule has 6 heteroatoms. The van der Waals surface area contributed by atoms with Crippen molar-refractivity contribution >= 4 is 40.5 Å². The summed E-state index contributed by atoms with van der Waals surface area (Å²) in [6.07, 6.45) is 3.50. The zero-order valence-corrected chi connectivity index (χ0v) is 18.9. The molecule has 0 radical (unpaired) electrons. The first-order valence-electron chi connectivity index (χ1n) is 11.0. The number of fused-ring (bicyclic) bond motifs is 1. The van der Waals surface area contributed by atoms with Gasteiger partial charge < -0.3 is 4.57 Å². The average Bonchev–Trinajstić information content (AvgIpc) is 3.16. The number of benzene rings is 3. The van der Waals surface area contributed by atoms with E-state index in [1.54, 1.807) is 18.2 Å². The summed E-state index contributed by atoms with van der Waals surface area (Å²) in [4.78, 5) is 39.4. The fraction of sp³-hybridized carbons (Fsp3) is 0.107. The number of aryl methyl sites for hydroxylation is 2. The van der Waals surface area contributed by atoms with Gasteiger partial charge in [-0.3, -0.25) is 14.9 Å². The maximum Gasteiger partial charge on any atom is 0.335 e. The van der Waals surface area contributed by atoms with Crippen molar-refractivity contribution in [1.82, 2.24) is 9.88 Å². The number of para-hydroxylation sites is 1.